The summed E-state index contributed by atoms with van der Waals surface area (Å²) in [7, 11) is 0. The number of carbonyl (C=O) groups excluding carboxylic acids is 1. The van der Waals surface area contributed by atoms with Gasteiger partial charge in [-0.3, -0.25) is 9.20 Å². The third-order valence-electron chi connectivity index (χ3n) is 4.30. The molecule has 1 aliphatic heterocycles. The maximum atomic E-state index is 12.5. The van der Waals surface area contributed by atoms with Crippen LogP contribution >= 0.6 is 0 Å². The Labute approximate surface area is 135 Å². The molecule has 0 radical (unpaired) electrons. The summed E-state index contributed by atoms with van der Waals surface area (Å²) in [6, 6.07) is 1.47. The van der Waals surface area contributed by atoms with Crippen LogP contribution in [-0.4, -0.2) is 62.6 Å². The summed E-state index contributed by atoms with van der Waals surface area (Å²) in [4.78, 5) is 20.7. The molecule has 2 aromatic heterocycles. The van der Waals surface area contributed by atoms with Gasteiger partial charge in [-0.15, -0.1) is 10.2 Å². The Morgan fingerprint density at radius 3 is 2.61 bits per heavy atom. The zero-order valence-electron chi connectivity index (χ0n) is 13.8. The fraction of sp³-hybridized carbons (Fsp3) is 0.600. The fourth-order valence-corrected chi connectivity index (χ4v) is 2.71. The molecule has 1 aliphatic rings. The Balaban J connectivity index is 1.69. The predicted octanol–water partition coefficient (Wildman–Crippen LogP) is 0.146. The third-order valence-corrected chi connectivity index (χ3v) is 4.30. The van der Waals surface area contributed by atoms with E-state index in [1.54, 1.807) is 12.5 Å². The van der Waals surface area contributed by atoms with Gasteiger partial charge in [-0.1, -0.05) is 20.8 Å². The summed E-state index contributed by atoms with van der Waals surface area (Å²) in [5.74, 6) is 1.60. The van der Waals surface area contributed by atoms with Crippen LogP contribution in [0, 0.1) is 5.41 Å². The van der Waals surface area contributed by atoms with Crippen LogP contribution in [-0.2, 0) is 4.79 Å². The molecule has 1 atom stereocenters. The molecule has 3 heterocycles. The number of hydrogen-bond donors (Lipinski definition) is 1. The van der Waals surface area contributed by atoms with Crippen LogP contribution in [0.4, 0.5) is 5.82 Å². The monoisotopic (exact) mass is 317 g/mol. The lowest BCUT2D eigenvalue weighted by atomic mass is 9.86. The van der Waals surface area contributed by atoms with E-state index in [1.165, 1.54) is 0 Å². The van der Waals surface area contributed by atoms with Crippen molar-refractivity contribution in [2.75, 3.05) is 31.1 Å². The van der Waals surface area contributed by atoms with Gasteiger partial charge in [0, 0.05) is 32.4 Å². The smallest absolute Gasteiger partial charge is 0.256 e. The summed E-state index contributed by atoms with van der Waals surface area (Å²) in [5.41, 5.74) is 5.87. The van der Waals surface area contributed by atoms with Crippen molar-refractivity contribution in [3.05, 3.63) is 18.6 Å². The number of hydrogen-bond acceptors (Lipinski definition) is 6. The highest BCUT2D eigenvalue weighted by Gasteiger charge is 2.32. The minimum atomic E-state index is -0.473. The van der Waals surface area contributed by atoms with Gasteiger partial charge >= 0.3 is 0 Å². The highest BCUT2D eigenvalue weighted by molar-refractivity contribution is 5.82. The van der Waals surface area contributed by atoms with Gasteiger partial charge in [0.2, 0.25) is 5.91 Å². The molecular formula is C15H23N7O. The van der Waals surface area contributed by atoms with Crippen LogP contribution in [0.5, 0.6) is 0 Å². The third kappa shape index (κ3) is 2.98. The Bertz CT molecular complexity index is 697. The van der Waals surface area contributed by atoms with Gasteiger partial charge in [-0.05, 0) is 11.5 Å². The number of nitrogens with zero attached hydrogens (tertiary/aromatic N) is 6. The number of piperazine rings is 1. The molecule has 0 aliphatic carbocycles. The molecule has 0 aromatic carbocycles. The van der Waals surface area contributed by atoms with E-state index in [4.69, 9.17) is 5.73 Å². The summed E-state index contributed by atoms with van der Waals surface area (Å²) < 4.78 is 1.86. The van der Waals surface area contributed by atoms with Crippen LogP contribution in [0.1, 0.15) is 20.8 Å². The van der Waals surface area contributed by atoms with E-state index in [2.05, 4.69) is 20.1 Å². The summed E-state index contributed by atoms with van der Waals surface area (Å²) in [6.07, 6.45) is 3.39. The fourth-order valence-electron chi connectivity index (χ4n) is 2.71. The van der Waals surface area contributed by atoms with E-state index in [0.29, 0.717) is 18.9 Å². The van der Waals surface area contributed by atoms with Gasteiger partial charge < -0.3 is 15.5 Å². The molecule has 1 fully saturated rings. The first-order valence-corrected chi connectivity index (χ1v) is 7.82. The van der Waals surface area contributed by atoms with E-state index in [1.807, 2.05) is 36.1 Å². The second-order valence-electron chi connectivity index (χ2n) is 6.96. The molecule has 0 bridgehead atoms. The number of rotatable bonds is 2. The quantitative estimate of drug-likeness (QED) is 0.847. The van der Waals surface area contributed by atoms with Crippen molar-refractivity contribution >= 4 is 17.5 Å². The lowest BCUT2D eigenvalue weighted by Gasteiger charge is -2.39. The van der Waals surface area contributed by atoms with E-state index in [-0.39, 0.29) is 11.3 Å². The number of nitrogens with two attached hydrogens (primary N) is 1. The van der Waals surface area contributed by atoms with E-state index >= 15 is 0 Å². The van der Waals surface area contributed by atoms with E-state index < -0.39 is 6.04 Å². The maximum Gasteiger partial charge on any atom is 0.256 e. The van der Waals surface area contributed by atoms with Crippen LogP contribution in [0.15, 0.2) is 18.6 Å². The number of aromatic nitrogens is 4. The zero-order chi connectivity index (χ0) is 16.6. The molecule has 0 spiro atoms. The van der Waals surface area contributed by atoms with Crippen LogP contribution in [0.25, 0.3) is 5.78 Å². The van der Waals surface area contributed by atoms with Crippen LogP contribution < -0.4 is 10.6 Å². The molecule has 3 rings (SSSR count). The topological polar surface area (TPSA) is 92.7 Å². The summed E-state index contributed by atoms with van der Waals surface area (Å²) in [6.45, 7) is 8.80. The Morgan fingerprint density at radius 2 is 1.96 bits per heavy atom. The molecule has 23 heavy (non-hydrogen) atoms. The number of anilines is 1. The zero-order valence-corrected chi connectivity index (χ0v) is 13.8. The summed E-state index contributed by atoms with van der Waals surface area (Å²) >= 11 is 0. The highest BCUT2D eigenvalue weighted by atomic mass is 16.2. The van der Waals surface area contributed by atoms with Crippen LogP contribution in [0.3, 0.4) is 0 Å². The molecule has 124 valence electrons. The van der Waals surface area contributed by atoms with Gasteiger partial charge in [-0.25, -0.2) is 4.98 Å². The van der Waals surface area contributed by atoms with Crippen molar-refractivity contribution in [1.29, 1.82) is 0 Å². The standard InChI is InChI=1S/C15H23N7O/c1-15(2,3)12(16)13(23)21-8-6-20(7-9-21)11-4-5-17-14-19-18-10-22(11)14/h4-5,10,12H,6-9,16H2,1-3H3/t12-/m1/s1. The molecule has 0 saturated carbocycles. The number of amides is 1. The highest BCUT2D eigenvalue weighted by Crippen LogP contribution is 2.21. The first-order chi connectivity index (χ1) is 10.9. The Hall–Kier alpha value is -2.22. The van der Waals surface area contributed by atoms with Crippen molar-refractivity contribution in [3.63, 3.8) is 0 Å². The maximum absolute atomic E-state index is 12.5. The summed E-state index contributed by atoms with van der Waals surface area (Å²) in [5, 5.41) is 7.85. The van der Waals surface area contributed by atoms with Crippen LogP contribution in [0.2, 0.25) is 0 Å². The number of fused-ring (bicyclic) bond motifs is 1. The largest absolute Gasteiger partial charge is 0.354 e. The average molecular weight is 317 g/mol. The molecule has 8 heteroatoms. The van der Waals surface area contributed by atoms with Crippen molar-refractivity contribution < 1.29 is 4.79 Å². The van der Waals surface area contributed by atoms with Crippen molar-refractivity contribution in [3.8, 4) is 0 Å². The normalized spacial score (nSPS) is 17.6. The SMILES string of the molecule is CC(C)(C)[C@H](N)C(=O)N1CCN(c2ccnc3nncn23)CC1. The molecule has 1 amide bonds. The molecule has 8 nitrogen and oxygen atoms in total. The lowest BCUT2D eigenvalue weighted by molar-refractivity contribution is -0.135. The van der Waals surface area contributed by atoms with Crippen molar-refractivity contribution in [1.82, 2.24) is 24.5 Å². The van der Waals surface area contributed by atoms with Gasteiger partial charge in [0.05, 0.1) is 6.04 Å². The molecule has 1 saturated heterocycles. The van der Waals surface area contributed by atoms with Gasteiger partial charge in [0.1, 0.15) is 12.1 Å². The van der Waals surface area contributed by atoms with Gasteiger partial charge in [0.15, 0.2) is 0 Å². The van der Waals surface area contributed by atoms with E-state index in [0.717, 1.165) is 18.9 Å². The second-order valence-corrected chi connectivity index (χ2v) is 6.96. The predicted molar refractivity (Wildman–Crippen MR) is 87.0 cm³/mol. The van der Waals surface area contributed by atoms with Gasteiger partial charge in [0.25, 0.3) is 5.78 Å². The molecule has 0 unspecified atom stereocenters. The second kappa shape index (κ2) is 5.77. The van der Waals surface area contributed by atoms with Crippen molar-refractivity contribution in [2.45, 2.75) is 26.8 Å². The number of carbonyl (C=O) groups is 1. The molecular weight excluding hydrogens is 294 g/mol. The molecule has 2 aromatic rings. The Morgan fingerprint density at radius 1 is 1.26 bits per heavy atom. The van der Waals surface area contributed by atoms with Gasteiger partial charge in [-0.2, -0.15) is 0 Å². The molecule has 2 N–H and O–H groups in total. The van der Waals surface area contributed by atoms with E-state index in [9.17, 15) is 4.79 Å². The van der Waals surface area contributed by atoms with Crippen molar-refractivity contribution in [2.24, 2.45) is 11.1 Å². The average Bonchev–Trinajstić information content (AvgIpc) is 3.01. The first-order valence-electron chi connectivity index (χ1n) is 7.82. The minimum absolute atomic E-state index is 0.0290. The Kier molecular flexibility index (Phi) is 3.93. The first kappa shape index (κ1) is 15.7. The lowest BCUT2D eigenvalue weighted by Crippen LogP contribution is -2.56. The minimum Gasteiger partial charge on any atom is -0.354 e.